The molecule has 0 spiro atoms. The van der Waals surface area contributed by atoms with Gasteiger partial charge in [-0.15, -0.1) is 0 Å². The van der Waals surface area contributed by atoms with E-state index in [2.05, 4.69) is 0 Å². The first-order valence-corrected chi connectivity index (χ1v) is 4.65. The van der Waals surface area contributed by atoms with Gasteiger partial charge in [0.2, 0.25) is 0 Å². The van der Waals surface area contributed by atoms with Crippen LogP contribution in [0.25, 0.3) is 0 Å². The Morgan fingerprint density at radius 3 is 1.50 bits per heavy atom. The average Bonchev–Trinajstić information content (AvgIpc) is 2.04. The molecule has 0 aromatic rings. The molecular weight excluding hydrogens is 186 g/mol. The van der Waals surface area contributed by atoms with Gasteiger partial charge >= 0.3 is 45.4 Å². The van der Waals surface area contributed by atoms with Crippen molar-refractivity contribution in [2.75, 3.05) is 14.2 Å². The third-order valence-electron chi connectivity index (χ3n) is 1.27. The van der Waals surface area contributed by atoms with E-state index >= 15 is 0 Å². The molecule has 0 radical (unpaired) electrons. The molecule has 0 amide bonds. The van der Waals surface area contributed by atoms with Crippen molar-refractivity contribution in [3.63, 3.8) is 0 Å². The van der Waals surface area contributed by atoms with E-state index in [0.29, 0.717) is 0 Å². The van der Waals surface area contributed by atoms with Crippen molar-refractivity contribution in [3.05, 3.63) is 0 Å². The fraction of sp³-hybridized carbons (Fsp3) is 1.00. The number of rotatable bonds is 6. The second-order valence-corrected chi connectivity index (χ2v) is 2.96. The molecule has 6 heteroatoms. The maximum absolute atomic E-state index is 5.18. The van der Waals surface area contributed by atoms with E-state index in [0.717, 1.165) is 0 Å². The van der Waals surface area contributed by atoms with Crippen molar-refractivity contribution < 1.29 is 17.1 Å². The number of ether oxygens (including phenoxy) is 2. The summed E-state index contributed by atoms with van der Waals surface area (Å²) < 4.78 is 20.1. The molecular formula is C6H16AlNaO4. The van der Waals surface area contributed by atoms with E-state index in [1.807, 2.05) is 13.8 Å². The van der Waals surface area contributed by atoms with Gasteiger partial charge in [-0.1, -0.05) is 0 Å². The van der Waals surface area contributed by atoms with Crippen LogP contribution in [0.1, 0.15) is 13.8 Å². The van der Waals surface area contributed by atoms with Crippen LogP contribution in [-0.4, -0.2) is 72.2 Å². The van der Waals surface area contributed by atoms with Crippen LogP contribution >= 0.6 is 0 Å². The average molecular weight is 202 g/mol. The molecule has 0 aromatic carbocycles. The Bertz CT molecular complexity index is 85.6. The predicted molar refractivity (Wildman–Crippen MR) is 49.4 cm³/mol. The fourth-order valence-electron chi connectivity index (χ4n) is 0.367. The fourth-order valence-corrected chi connectivity index (χ4v) is 1.10. The van der Waals surface area contributed by atoms with E-state index in [4.69, 9.17) is 17.1 Å². The van der Waals surface area contributed by atoms with Crippen LogP contribution < -0.4 is 0 Å². The second-order valence-electron chi connectivity index (χ2n) is 2.06. The van der Waals surface area contributed by atoms with E-state index in [1.54, 1.807) is 14.2 Å². The SMILES string of the molecule is COC(C)[O][AlH][O]C(C)OC.[NaH]. The normalized spacial score (nSPS) is 14.7. The van der Waals surface area contributed by atoms with Crippen LogP contribution in [0.3, 0.4) is 0 Å². The second kappa shape index (κ2) is 10.5. The summed E-state index contributed by atoms with van der Waals surface area (Å²) in [6.07, 6.45) is -0.351. The van der Waals surface area contributed by atoms with Gasteiger partial charge in [-0.25, -0.2) is 0 Å². The van der Waals surface area contributed by atoms with Gasteiger partial charge in [0, 0.05) is 14.2 Å². The molecule has 0 aliphatic heterocycles. The number of hydrogen-bond acceptors (Lipinski definition) is 4. The van der Waals surface area contributed by atoms with E-state index < -0.39 is 15.9 Å². The Morgan fingerprint density at radius 2 is 1.25 bits per heavy atom. The van der Waals surface area contributed by atoms with Crippen LogP contribution in [0.4, 0.5) is 0 Å². The summed E-state index contributed by atoms with van der Waals surface area (Å²) in [5, 5.41) is 0. The molecule has 0 saturated carbocycles. The predicted octanol–water partition coefficient (Wildman–Crippen LogP) is -0.378. The van der Waals surface area contributed by atoms with Crippen LogP contribution in [0, 0.1) is 0 Å². The summed E-state index contributed by atoms with van der Waals surface area (Å²) >= 11 is -0.956. The first-order chi connectivity index (χ1) is 5.20. The molecule has 2 unspecified atom stereocenters. The van der Waals surface area contributed by atoms with Crippen LogP contribution in [0.15, 0.2) is 0 Å². The van der Waals surface area contributed by atoms with Gasteiger partial charge in [0.25, 0.3) is 0 Å². The molecule has 2 atom stereocenters. The van der Waals surface area contributed by atoms with Crippen molar-refractivity contribution in [2.24, 2.45) is 0 Å². The molecule has 0 rings (SSSR count). The third-order valence-corrected chi connectivity index (χ3v) is 2.48. The Balaban J connectivity index is 0. The van der Waals surface area contributed by atoms with Crippen molar-refractivity contribution in [1.29, 1.82) is 0 Å². The van der Waals surface area contributed by atoms with Crippen LogP contribution in [-0.2, 0) is 17.1 Å². The first kappa shape index (κ1) is 15.8. The van der Waals surface area contributed by atoms with Crippen molar-refractivity contribution in [3.8, 4) is 0 Å². The summed E-state index contributed by atoms with van der Waals surface area (Å²) in [6, 6.07) is 0. The van der Waals surface area contributed by atoms with Crippen LogP contribution in [0.5, 0.6) is 0 Å². The minimum atomic E-state index is -0.956. The Morgan fingerprint density at radius 1 is 0.917 bits per heavy atom. The molecule has 12 heavy (non-hydrogen) atoms. The van der Waals surface area contributed by atoms with Gasteiger partial charge in [0.15, 0.2) is 0 Å². The van der Waals surface area contributed by atoms with E-state index in [9.17, 15) is 0 Å². The van der Waals surface area contributed by atoms with Crippen molar-refractivity contribution >= 4 is 45.4 Å². The van der Waals surface area contributed by atoms with Gasteiger partial charge in [-0.05, 0) is 13.8 Å². The molecule has 0 N–H and O–H groups in total. The zero-order valence-electron chi connectivity index (χ0n) is 7.49. The van der Waals surface area contributed by atoms with Gasteiger partial charge in [0.1, 0.15) is 12.6 Å². The van der Waals surface area contributed by atoms with Gasteiger partial charge in [0.05, 0.1) is 0 Å². The topological polar surface area (TPSA) is 36.9 Å². The molecule has 0 saturated heterocycles. The standard InChI is InChI=1S/2C3H7O2.Al.Na.2H/c2*1-3(4)5-2;;;;/h2*3H,1-2H3;;;;/q2*-1;+2;;;. The zero-order valence-corrected chi connectivity index (χ0v) is 8.91. The number of methoxy groups -OCH3 is 2. The number of hydrogen-bond donors (Lipinski definition) is 0. The molecule has 0 fully saturated rings. The molecule has 0 aliphatic rings. The molecule has 0 aliphatic carbocycles. The van der Waals surface area contributed by atoms with E-state index in [1.165, 1.54) is 0 Å². The van der Waals surface area contributed by atoms with Crippen molar-refractivity contribution in [1.82, 2.24) is 0 Å². The molecule has 4 nitrogen and oxygen atoms in total. The molecule has 0 bridgehead atoms. The summed E-state index contributed by atoms with van der Waals surface area (Å²) in [7, 11) is 3.19. The van der Waals surface area contributed by atoms with Crippen LogP contribution in [0.2, 0.25) is 0 Å². The molecule has 0 heterocycles. The quantitative estimate of drug-likeness (QED) is 0.434. The molecule has 0 aromatic heterocycles. The van der Waals surface area contributed by atoms with Gasteiger partial charge in [-0.2, -0.15) is 0 Å². The summed E-state index contributed by atoms with van der Waals surface area (Å²) in [5.41, 5.74) is 0. The van der Waals surface area contributed by atoms with Crippen molar-refractivity contribution in [2.45, 2.75) is 26.4 Å². The third kappa shape index (κ3) is 9.46. The maximum atomic E-state index is 5.18. The Labute approximate surface area is 103 Å². The minimum absolute atomic E-state index is 0. The van der Waals surface area contributed by atoms with E-state index in [-0.39, 0.29) is 42.1 Å². The summed E-state index contributed by atoms with van der Waals surface area (Å²) in [5.74, 6) is 0. The summed E-state index contributed by atoms with van der Waals surface area (Å²) in [4.78, 5) is 0. The Hall–Kier alpha value is 1.37. The Kier molecular flexibility index (Phi) is 13.8. The first-order valence-electron chi connectivity index (χ1n) is 3.49. The van der Waals surface area contributed by atoms with Gasteiger partial charge in [-0.3, -0.25) is 0 Å². The van der Waals surface area contributed by atoms with Gasteiger partial charge < -0.3 is 17.1 Å². The summed E-state index contributed by atoms with van der Waals surface area (Å²) in [6.45, 7) is 3.65. The zero-order chi connectivity index (χ0) is 8.69. The monoisotopic (exact) mass is 202 g/mol. The molecule has 68 valence electrons.